The Bertz CT molecular complexity index is 617. The number of carbonyl (C=O) groups is 1. The van der Waals surface area contributed by atoms with E-state index in [-0.39, 0.29) is 18.3 Å². The lowest BCUT2D eigenvalue weighted by Gasteiger charge is -2.33. The summed E-state index contributed by atoms with van der Waals surface area (Å²) < 4.78 is 10.8. The lowest BCUT2D eigenvalue weighted by atomic mass is 9.83. The normalized spacial score (nSPS) is 18.5. The fraction of sp³-hybridized carbons (Fsp3) is 0.650. The maximum Gasteiger partial charge on any atom is 0.223 e. The predicted octanol–water partition coefficient (Wildman–Crippen LogP) is 3.04. The lowest BCUT2D eigenvalue weighted by Crippen LogP contribution is -2.38. The molecule has 1 atom stereocenters. The third kappa shape index (κ3) is 4.63. The zero-order valence-corrected chi connectivity index (χ0v) is 16.9. The van der Waals surface area contributed by atoms with Crippen LogP contribution in [0.2, 0.25) is 0 Å². The first-order chi connectivity index (χ1) is 12.1. The van der Waals surface area contributed by atoms with Crippen LogP contribution in [-0.2, 0) is 17.8 Å². The van der Waals surface area contributed by atoms with Gasteiger partial charge in [0.1, 0.15) is 0 Å². The summed E-state index contributed by atoms with van der Waals surface area (Å²) in [6.07, 6.45) is 3.92. The summed E-state index contributed by atoms with van der Waals surface area (Å²) in [6, 6.07) is 4.07. The SMILES string of the molecule is COc1cc2c(cc1OC)CN(C(=O)CC(C)C1CCNCC1)CC2.Cl. The zero-order valence-electron chi connectivity index (χ0n) is 16.0. The van der Waals surface area contributed by atoms with Crippen LogP contribution in [0, 0.1) is 11.8 Å². The first-order valence-electron chi connectivity index (χ1n) is 9.34. The van der Waals surface area contributed by atoms with Gasteiger partial charge in [-0.25, -0.2) is 0 Å². The Labute approximate surface area is 162 Å². The molecule has 0 radical (unpaired) electrons. The van der Waals surface area contributed by atoms with Crippen LogP contribution in [0.1, 0.15) is 37.3 Å². The van der Waals surface area contributed by atoms with Gasteiger partial charge in [0, 0.05) is 19.5 Å². The Morgan fingerprint density at radius 1 is 1.19 bits per heavy atom. The molecule has 1 saturated heterocycles. The van der Waals surface area contributed by atoms with E-state index in [1.165, 1.54) is 24.0 Å². The van der Waals surface area contributed by atoms with Crippen molar-refractivity contribution in [3.63, 3.8) is 0 Å². The number of amides is 1. The van der Waals surface area contributed by atoms with Crippen molar-refractivity contribution in [3.05, 3.63) is 23.3 Å². The van der Waals surface area contributed by atoms with Gasteiger partial charge in [-0.3, -0.25) is 4.79 Å². The largest absolute Gasteiger partial charge is 0.493 e. The van der Waals surface area contributed by atoms with Crippen molar-refractivity contribution >= 4 is 18.3 Å². The van der Waals surface area contributed by atoms with Crippen LogP contribution in [0.4, 0.5) is 0 Å². The number of ether oxygens (including phenoxy) is 2. The number of fused-ring (bicyclic) bond motifs is 1. The number of hydrogen-bond acceptors (Lipinski definition) is 4. The second-order valence-electron chi connectivity index (χ2n) is 7.31. The van der Waals surface area contributed by atoms with E-state index in [0.717, 1.165) is 37.6 Å². The molecule has 6 heteroatoms. The van der Waals surface area contributed by atoms with Crippen LogP contribution in [-0.4, -0.2) is 44.7 Å². The molecule has 1 aromatic rings. The molecular weight excluding hydrogens is 352 g/mol. The quantitative estimate of drug-likeness (QED) is 0.850. The summed E-state index contributed by atoms with van der Waals surface area (Å²) in [5, 5.41) is 3.40. The van der Waals surface area contributed by atoms with Crippen molar-refractivity contribution in [1.29, 1.82) is 0 Å². The van der Waals surface area contributed by atoms with Crippen molar-refractivity contribution in [2.45, 2.75) is 39.2 Å². The maximum atomic E-state index is 12.8. The molecule has 0 bridgehead atoms. The van der Waals surface area contributed by atoms with Gasteiger partial charge in [0.15, 0.2) is 11.5 Å². The molecule has 0 aliphatic carbocycles. The van der Waals surface area contributed by atoms with E-state index in [1.54, 1.807) is 14.2 Å². The molecule has 146 valence electrons. The molecular formula is C20H31ClN2O3. The van der Waals surface area contributed by atoms with Gasteiger partial charge < -0.3 is 19.7 Å². The summed E-state index contributed by atoms with van der Waals surface area (Å²) in [5.41, 5.74) is 2.43. The highest BCUT2D eigenvalue weighted by Crippen LogP contribution is 2.34. The van der Waals surface area contributed by atoms with Gasteiger partial charge in [-0.2, -0.15) is 0 Å². The number of hydrogen-bond donors (Lipinski definition) is 1. The van der Waals surface area contributed by atoms with Gasteiger partial charge in [-0.1, -0.05) is 6.92 Å². The van der Waals surface area contributed by atoms with Gasteiger partial charge in [-0.15, -0.1) is 12.4 Å². The van der Waals surface area contributed by atoms with Crippen molar-refractivity contribution in [3.8, 4) is 11.5 Å². The van der Waals surface area contributed by atoms with Crippen LogP contribution in [0.25, 0.3) is 0 Å². The lowest BCUT2D eigenvalue weighted by molar-refractivity contribution is -0.133. The molecule has 2 heterocycles. The third-order valence-corrected chi connectivity index (χ3v) is 5.76. The molecule has 1 amide bonds. The molecule has 5 nitrogen and oxygen atoms in total. The Morgan fingerprint density at radius 3 is 2.42 bits per heavy atom. The predicted molar refractivity (Wildman–Crippen MR) is 105 cm³/mol. The summed E-state index contributed by atoms with van der Waals surface area (Å²) in [7, 11) is 3.31. The number of methoxy groups -OCH3 is 2. The fourth-order valence-corrected chi connectivity index (χ4v) is 4.08. The first kappa shape index (κ1) is 20.8. The average molecular weight is 383 g/mol. The van der Waals surface area contributed by atoms with E-state index in [1.807, 2.05) is 17.0 Å². The molecule has 1 fully saturated rings. The van der Waals surface area contributed by atoms with Crippen molar-refractivity contribution in [1.82, 2.24) is 10.2 Å². The highest BCUT2D eigenvalue weighted by Gasteiger charge is 2.27. The summed E-state index contributed by atoms with van der Waals surface area (Å²) in [5.74, 6) is 2.92. The molecule has 1 unspecified atom stereocenters. The second-order valence-corrected chi connectivity index (χ2v) is 7.31. The molecule has 0 spiro atoms. The molecule has 1 N–H and O–H groups in total. The minimum atomic E-state index is 0. The van der Waals surface area contributed by atoms with E-state index >= 15 is 0 Å². The number of benzene rings is 1. The minimum absolute atomic E-state index is 0. The molecule has 26 heavy (non-hydrogen) atoms. The molecule has 3 rings (SSSR count). The van der Waals surface area contributed by atoms with E-state index in [2.05, 4.69) is 12.2 Å². The van der Waals surface area contributed by atoms with Crippen LogP contribution >= 0.6 is 12.4 Å². The van der Waals surface area contributed by atoms with Gasteiger partial charge >= 0.3 is 0 Å². The van der Waals surface area contributed by atoms with E-state index in [4.69, 9.17) is 9.47 Å². The Hall–Kier alpha value is -1.46. The van der Waals surface area contributed by atoms with Gasteiger partial charge in [0.05, 0.1) is 14.2 Å². The third-order valence-electron chi connectivity index (χ3n) is 5.76. The number of carbonyl (C=O) groups excluding carboxylic acids is 1. The highest BCUT2D eigenvalue weighted by molar-refractivity contribution is 5.85. The number of halogens is 1. The van der Waals surface area contributed by atoms with Crippen molar-refractivity contribution in [2.75, 3.05) is 33.9 Å². The van der Waals surface area contributed by atoms with Crippen LogP contribution in [0.15, 0.2) is 12.1 Å². The molecule has 0 aromatic heterocycles. The Kier molecular flexibility index (Phi) is 7.59. The smallest absolute Gasteiger partial charge is 0.223 e. The van der Waals surface area contributed by atoms with Crippen LogP contribution in [0.3, 0.4) is 0 Å². The number of rotatable bonds is 5. The first-order valence-corrected chi connectivity index (χ1v) is 9.34. The molecule has 2 aliphatic rings. The number of nitrogens with zero attached hydrogens (tertiary/aromatic N) is 1. The van der Waals surface area contributed by atoms with Gasteiger partial charge in [0.25, 0.3) is 0 Å². The van der Waals surface area contributed by atoms with Gasteiger partial charge in [0.2, 0.25) is 5.91 Å². The summed E-state index contributed by atoms with van der Waals surface area (Å²) >= 11 is 0. The van der Waals surface area contributed by atoms with Crippen LogP contribution < -0.4 is 14.8 Å². The Balaban J connectivity index is 0.00000243. The summed E-state index contributed by atoms with van der Waals surface area (Å²) in [6.45, 7) is 5.87. The van der Waals surface area contributed by atoms with Gasteiger partial charge in [-0.05, 0) is 67.4 Å². The monoisotopic (exact) mass is 382 g/mol. The van der Waals surface area contributed by atoms with E-state index in [0.29, 0.717) is 24.8 Å². The maximum absolute atomic E-state index is 12.8. The average Bonchev–Trinajstić information content (AvgIpc) is 2.66. The Morgan fingerprint density at radius 2 is 1.81 bits per heavy atom. The molecule has 2 aliphatic heterocycles. The number of piperidine rings is 1. The minimum Gasteiger partial charge on any atom is -0.493 e. The second kappa shape index (κ2) is 9.47. The molecule has 1 aromatic carbocycles. The van der Waals surface area contributed by atoms with Crippen molar-refractivity contribution < 1.29 is 14.3 Å². The van der Waals surface area contributed by atoms with E-state index in [9.17, 15) is 4.79 Å². The topological polar surface area (TPSA) is 50.8 Å². The molecule has 0 saturated carbocycles. The van der Waals surface area contributed by atoms with Crippen LogP contribution in [0.5, 0.6) is 11.5 Å². The summed E-state index contributed by atoms with van der Waals surface area (Å²) in [4.78, 5) is 14.8. The zero-order chi connectivity index (χ0) is 17.8. The number of nitrogens with one attached hydrogen (secondary N) is 1. The standard InChI is InChI=1S/C20H30N2O3.ClH/c1-14(15-4-7-21-8-5-15)10-20(23)22-9-6-16-11-18(24-2)19(25-3)12-17(16)13-22;/h11-12,14-15,21H,4-10,13H2,1-3H3;1H. The fourth-order valence-electron chi connectivity index (χ4n) is 4.08. The van der Waals surface area contributed by atoms with E-state index < -0.39 is 0 Å². The van der Waals surface area contributed by atoms with Crippen molar-refractivity contribution in [2.24, 2.45) is 11.8 Å². The highest BCUT2D eigenvalue weighted by atomic mass is 35.5.